The Balaban J connectivity index is 1.37. The van der Waals surface area contributed by atoms with Gasteiger partial charge in [-0.2, -0.15) is 0 Å². The molecule has 2 amide bonds. The summed E-state index contributed by atoms with van der Waals surface area (Å²) in [6.45, 7) is 4.64. The summed E-state index contributed by atoms with van der Waals surface area (Å²) < 4.78 is 5.23. The molecule has 1 fully saturated rings. The molecule has 1 aliphatic heterocycles. The highest BCUT2D eigenvalue weighted by Gasteiger charge is 2.27. The fourth-order valence-corrected chi connectivity index (χ4v) is 3.53. The molecule has 0 saturated carbocycles. The van der Waals surface area contributed by atoms with Crippen LogP contribution < -0.4 is 15.4 Å². The van der Waals surface area contributed by atoms with Gasteiger partial charge >= 0.3 is 0 Å². The number of benzene rings is 2. The second-order valence-electron chi connectivity index (χ2n) is 7.27. The lowest BCUT2D eigenvalue weighted by molar-refractivity contribution is -0.111. The third kappa shape index (κ3) is 4.63. The van der Waals surface area contributed by atoms with Crippen molar-refractivity contribution in [3.05, 3.63) is 66.9 Å². The van der Waals surface area contributed by atoms with Crippen molar-refractivity contribution in [2.75, 3.05) is 30.8 Å². The highest BCUT2D eigenvalue weighted by atomic mass is 16.5. The first-order valence-corrected chi connectivity index (χ1v) is 9.96. The molecule has 0 bridgehead atoms. The molecule has 0 aliphatic carbocycles. The van der Waals surface area contributed by atoms with Crippen LogP contribution in [-0.2, 0) is 4.79 Å². The number of amides is 2. The molecule has 1 aliphatic rings. The maximum atomic E-state index is 12.8. The zero-order chi connectivity index (χ0) is 21.8. The number of nitrogens with one attached hydrogen (secondary N) is 2. The van der Waals surface area contributed by atoms with Crippen LogP contribution in [0.4, 0.5) is 11.6 Å². The molecule has 4 rings (SSSR count). The maximum Gasteiger partial charge on any atom is 0.253 e. The SMILES string of the molecule is C=CC(=O)Nc1ccc(C(=O)N2CCC(Nc3ncc4cc(OC)ccc4n3)C2)cc1. The van der Waals surface area contributed by atoms with Gasteiger partial charge in [0.05, 0.1) is 12.6 Å². The summed E-state index contributed by atoms with van der Waals surface area (Å²) in [6, 6.07) is 12.6. The summed E-state index contributed by atoms with van der Waals surface area (Å²) in [7, 11) is 1.63. The van der Waals surface area contributed by atoms with Crippen LogP contribution in [0.25, 0.3) is 10.9 Å². The maximum absolute atomic E-state index is 12.8. The minimum Gasteiger partial charge on any atom is -0.497 e. The first-order chi connectivity index (χ1) is 15.1. The largest absolute Gasteiger partial charge is 0.497 e. The Kier molecular flexibility index (Phi) is 5.79. The van der Waals surface area contributed by atoms with Crippen LogP contribution >= 0.6 is 0 Å². The van der Waals surface area contributed by atoms with Gasteiger partial charge in [0.15, 0.2) is 0 Å². The molecular weight excluding hydrogens is 394 g/mol. The van der Waals surface area contributed by atoms with Crippen LogP contribution in [0, 0.1) is 0 Å². The van der Waals surface area contributed by atoms with Crippen molar-refractivity contribution < 1.29 is 14.3 Å². The second-order valence-corrected chi connectivity index (χ2v) is 7.27. The molecule has 2 heterocycles. The molecule has 2 aromatic carbocycles. The molecule has 1 saturated heterocycles. The molecular formula is C23H23N5O3. The summed E-state index contributed by atoms with van der Waals surface area (Å²) in [6.07, 6.45) is 3.77. The van der Waals surface area contributed by atoms with Crippen LogP contribution in [-0.4, -0.2) is 52.9 Å². The number of anilines is 2. The monoisotopic (exact) mass is 417 g/mol. The minimum atomic E-state index is -0.289. The summed E-state index contributed by atoms with van der Waals surface area (Å²) >= 11 is 0. The standard InChI is InChI=1S/C23H23N5O3/c1-3-21(29)25-17-6-4-15(5-7-17)22(30)28-11-10-18(14-28)26-23-24-13-16-12-19(31-2)8-9-20(16)27-23/h3-9,12-13,18H,1,10-11,14H2,2H3,(H,25,29)(H,24,26,27). The number of aromatic nitrogens is 2. The van der Waals surface area contributed by atoms with Gasteiger partial charge in [-0.3, -0.25) is 9.59 Å². The Hall–Kier alpha value is -3.94. The zero-order valence-electron chi connectivity index (χ0n) is 17.2. The lowest BCUT2D eigenvalue weighted by Crippen LogP contribution is -2.31. The number of likely N-dealkylation sites (tertiary alicyclic amines) is 1. The van der Waals surface area contributed by atoms with E-state index >= 15 is 0 Å². The lowest BCUT2D eigenvalue weighted by atomic mass is 10.2. The average molecular weight is 417 g/mol. The summed E-state index contributed by atoms with van der Waals surface area (Å²) in [5, 5.41) is 6.90. The third-order valence-corrected chi connectivity index (χ3v) is 5.18. The number of ether oxygens (including phenoxy) is 1. The van der Waals surface area contributed by atoms with E-state index in [4.69, 9.17) is 4.74 Å². The Morgan fingerprint density at radius 3 is 2.77 bits per heavy atom. The highest BCUT2D eigenvalue weighted by Crippen LogP contribution is 2.21. The van der Waals surface area contributed by atoms with E-state index in [0.717, 1.165) is 23.1 Å². The molecule has 31 heavy (non-hydrogen) atoms. The predicted molar refractivity (Wildman–Crippen MR) is 119 cm³/mol. The normalized spacial score (nSPS) is 15.5. The van der Waals surface area contributed by atoms with Gasteiger partial charge in [0, 0.05) is 42.0 Å². The van der Waals surface area contributed by atoms with E-state index in [9.17, 15) is 9.59 Å². The number of hydrogen-bond donors (Lipinski definition) is 2. The van der Waals surface area contributed by atoms with Gasteiger partial charge in [-0.15, -0.1) is 0 Å². The van der Waals surface area contributed by atoms with E-state index in [0.29, 0.717) is 30.3 Å². The average Bonchev–Trinajstić information content (AvgIpc) is 3.27. The molecule has 3 aromatic rings. The Morgan fingerprint density at radius 1 is 1.23 bits per heavy atom. The quantitative estimate of drug-likeness (QED) is 0.599. The van der Waals surface area contributed by atoms with Crippen molar-refractivity contribution in [3.63, 3.8) is 0 Å². The van der Waals surface area contributed by atoms with Crippen LogP contribution in [0.2, 0.25) is 0 Å². The van der Waals surface area contributed by atoms with Crippen molar-refractivity contribution >= 4 is 34.4 Å². The molecule has 0 radical (unpaired) electrons. The van der Waals surface area contributed by atoms with E-state index < -0.39 is 0 Å². The first kappa shape index (κ1) is 20.3. The summed E-state index contributed by atoms with van der Waals surface area (Å²) in [5.74, 6) is 0.970. The van der Waals surface area contributed by atoms with Crippen LogP contribution in [0.5, 0.6) is 5.75 Å². The Bertz CT molecular complexity index is 1130. The van der Waals surface area contributed by atoms with Gasteiger partial charge in [0.2, 0.25) is 11.9 Å². The molecule has 1 aromatic heterocycles. The molecule has 2 N–H and O–H groups in total. The smallest absolute Gasteiger partial charge is 0.253 e. The van der Waals surface area contributed by atoms with E-state index in [-0.39, 0.29) is 17.9 Å². The number of carbonyl (C=O) groups is 2. The molecule has 8 heteroatoms. The number of methoxy groups -OCH3 is 1. The van der Waals surface area contributed by atoms with Crippen molar-refractivity contribution in [2.45, 2.75) is 12.5 Å². The van der Waals surface area contributed by atoms with Gasteiger partial charge in [0.1, 0.15) is 5.75 Å². The number of carbonyl (C=O) groups excluding carboxylic acids is 2. The lowest BCUT2D eigenvalue weighted by Gasteiger charge is -2.17. The van der Waals surface area contributed by atoms with E-state index in [1.54, 1.807) is 42.5 Å². The number of nitrogens with zero attached hydrogens (tertiary/aromatic N) is 3. The Labute approximate surface area is 179 Å². The van der Waals surface area contributed by atoms with Crippen LogP contribution in [0.15, 0.2) is 61.3 Å². The summed E-state index contributed by atoms with van der Waals surface area (Å²) in [5.41, 5.74) is 2.02. The fourth-order valence-electron chi connectivity index (χ4n) is 3.53. The van der Waals surface area contributed by atoms with Gasteiger partial charge in [-0.05, 0) is 55.0 Å². The second kappa shape index (κ2) is 8.83. The molecule has 8 nitrogen and oxygen atoms in total. The number of fused-ring (bicyclic) bond motifs is 1. The van der Waals surface area contributed by atoms with Crippen molar-refractivity contribution in [1.82, 2.24) is 14.9 Å². The number of hydrogen-bond acceptors (Lipinski definition) is 6. The molecule has 158 valence electrons. The van der Waals surface area contributed by atoms with Gasteiger partial charge < -0.3 is 20.3 Å². The van der Waals surface area contributed by atoms with Crippen LogP contribution in [0.3, 0.4) is 0 Å². The van der Waals surface area contributed by atoms with Crippen molar-refractivity contribution in [2.24, 2.45) is 0 Å². The fraction of sp³-hybridized carbons (Fsp3) is 0.217. The van der Waals surface area contributed by atoms with E-state index in [1.807, 2.05) is 18.2 Å². The zero-order valence-corrected chi connectivity index (χ0v) is 17.2. The van der Waals surface area contributed by atoms with Gasteiger partial charge in [-0.25, -0.2) is 9.97 Å². The molecule has 0 spiro atoms. The molecule has 1 unspecified atom stereocenters. The van der Waals surface area contributed by atoms with Gasteiger partial charge in [-0.1, -0.05) is 6.58 Å². The third-order valence-electron chi connectivity index (χ3n) is 5.18. The predicted octanol–water partition coefficient (Wildman–Crippen LogP) is 3.09. The van der Waals surface area contributed by atoms with Crippen LogP contribution in [0.1, 0.15) is 16.8 Å². The minimum absolute atomic E-state index is 0.0441. The molecule has 1 atom stereocenters. The van der Waals surface area contributed by atoms with E-state index in [2.05, 4.69) is 27.2 Å². The van der Waals surface area contributed by atoms with Crippen molar-refractivity contribution in [1.29, 1.82) is 0 Å². The summed E-state index contributed by atoms with van der Waals surface area (Å²) in [4.78, 5) is 34.9. The topological polar surface area (TPSA) is 96.5 Å². The Morgan fingerprint density at radius 2 is 2.03 bits per heavy atom. The van der Waals surface area contributed by atoms with Crippen molar-refractivity contribution in [3.8, 4) is 5.75 Å². The number of rotatable bonds is 6. The van der Waals surface area contributed by atoms with Gasteiger partial charge in [0.25, 0.3) is 5.91 Å². The van der Waals surface area contributed by atoms with E-state index in [1.165, 1.54) is 6.08 Å². The first-order valence-electron chi connectivity index (χ1n) is 9.96. The highest BCUT2D eigenvalue weighted by molar-refractivity contribution is 5.99.